The average Bonchev–Trinajstić information content (AvgIpc) is 2.95. The molecule has 0 fully saturated rings. The van der Waals surface area contributed by atoms with Crippen molar-refractivity contribution in [3.05, 3.63) is 77.4 Å². The van der Waals surface area contributed by atoms with Crippen molar-refractivity contribution >= 4 is 5.97 Å². The van der Waals surface area contributed by atoms with E-state index in [1.54, 1.807) is 0 Å². The molecule has 0 aliphatic carbocycles. The highest BCUT2D eigenvalue weighted by atomic mass is 19.1. The molecule has 2 aromatic carbocycles. The Kier molecular flexibility index (Phi) is 5.86. The molecular weight excluding hydrogens is 347 g/mol. The average molecular weight is 368 g/mol. The molecule has 0 atom stereocenters. The molecule has 140 valence electrons. The molecule has 0 aliphatic heterocycles. The van der Waals surface area contributed by atoms with Gasteiger partial charge in [0.2, 0.25) is 0 Å². The minimum absolute atomic E-state index is 0.126. The van der Waals surface area contributed by atoms with Crippen LogP contribution in [0.4, 0.5) is 4.39 Å². The Morgan fingerprint density at radius 1 is 1.04 bits per heavy atom. The third kappa shape index (κ3) is 4.73. The van der Waals surface area contributed by atoms with Crippen molar-refractivity contribution in [3.8, 4) is 11.4 Å². The van der Waals surface area contributed by atoms with Crippen LogP contribution >= 0.6 is 0 Å². The number of esters is 1. The second-order valence-corrected chi connectivity index (χ2v) is 6.10. The maximum atomic E-state index is 12.8. The van der Waals surface area contributed by atoms with Crippen LogP contribution in [0.1, 0.15) is 17.0 Å². The zero-order chi connectivity index (χ0) is 19.2. The van der Waals surface area contributed by atoms with E-state index in [-0.39, 0.29) is 31.4 Å². The molecule has 1 heterocycles. The third-order valence-corrected chi connectivity index (χ3v) is 4.19. The van der Waals surface area contributed by atoms with Crippen LogP contribution in [-0.2, 0) is 16.0 Å². The Morgan fingerprint density at radius 3 is 2.44 bits per heavy atom. The van der Waals surface area contributed by atoms with E-state index in [4.69, 9.17) is 9.47 Å². The van der Waals surface area contributed by atoms with Crippen molar-refractivity contribution in [2.24, 2.45) is 0 Å². The minimum Gasteiger partial charge on any atom is -0.490 e. The number of carbonyl (C=O) groups excluding carboxylic acids is 1. The lowest BCUT2D eigenvalue weighted by Crippen LogP contribution is -2.14. The number of hydrogen-bond acceptors (Lipinski definition) is 4. The van der Waals surface area contributed by atoms with Crippen molar-refractivity contribution in [1.82, 2.24) is 9.78 Å². The van der Waals surface area contributed by atoms with Crippen LogP contribution in [0.2, 0.25) is 0 Å². The van der Waals surface area contributed by atoms with Crippen molar-refractivity contribution < 1.29 is 18.7 Å². The topological polar surface area (TPSA) is 53.4 Å². The van der Waals surface area contributed by atoms with Gasteiger partial charge in [0.15, 0.2) is 0 Å². The van der Waals surface area contributed by atoms with E-state index in [1.807, 2.05) is 48.9 Å². The zero-order valence-corrected chi connectivity index (χ0v) is 15.3. The first-order valence-electron chi connectivity index (χ1n) is 8.69. The van der Waals surface area contributed by atoms with Gasteiger partial charge >= 0.3 is 5.97 Å². The minimum atomic E-state index is -0.337. The summed E-state index contributed by atoms with van der Waals surface area (Å²) in [4.78, 5) is 12.2. The molecule has 0 radical (unpaired) electrons. The van der Waals surface area contributed by atoms with Gasteiger partial charge in [-0.25, -0.2) is 9.07 Å². The number of carbonyl (C=O) groups is 1. The third-order valence-electron chi connectivity index (χ3n) is 4.19. The fourth-order valence-electron chi connectivity index (χ4n) is 2.79. The maximum Gasteiger partial charge on any atom is 0.310 e. The summed E-state index contributed by atoms with van der Waals surface area (Å²) in [6.45, 7) is 4.15. The number of hydrogen-bond donors (Lipinski definition) is 0. The lowest BCUT2D eigenvalue weighted by atomic mass is 10.1. The molecule has 27 heavy (non-hydrogen) atoms. The van der Waals surface area contributed by atoms with Crippen LogP contribution in [0.15, 0.2) is 54.6 Å². The number of para-hydroxylation sites is 1. The largest absolute Gasteiger partial charge is 0.490 e. The number of benzene rings is 2. The van der Waals surface area contributed by atoms with Gasteiger partial charge in [-0.15, -0.1) is 0 Å². The molecule has 6 heteroatoms. The summed E-state index contributed by atoms with van der Waals surface area (Å²) in [5, 5.41) is 4.53. The molecule has 0 bridgehead atoms. The number of aromatic nitrogens is 2. The van der Waals surface area contributed by atoms with E-state index in [2.05, 4.69) is 5.10 Å². The zero-order valence-electron chi connectivity index (χ0n) is 15.3. The van der Waals surface area contributed by atoms with Gasteiger partial charge in [-0.1, -0.05) is 18.2 Å². The van der Waals surface area contributed by atoms with E-state index in [1.165, 1.54) is 24.3 Å². The van der Waals surface area contributed by atoms with Crippen molar-refractivity contribution in [2.75, 3.05) is 13.2 Å². The van der Waals surface area contributed by atoms with Crippen molar-refractivity contribution in [3.63, 3.8) is 0 Å². The standard InChI is InChI=1S/C21H21FN2O3/c1-15-20(16(2)24(23-15)18-6-4-3-5-7-18)14-21(25)27-13-12-26-19-10-8-17(22)9-11-19/h3-11H,12-14H2,1-2H3. The van der Waals surface area contributed by atoms with E-state index < -0.39 is 0 Å². The molecule has 0 unspecified atom stereocenters. The number of aryl methyl sites for hydroxylation is 1. The summed E-state index contributed by atoms with van der Waals surface area (Å²) >= 11 is 0. The molecule has 0 N–H and O–H groups in total. The molecule has 0 amide bonds. The number of halogens is 1. The molecular formula is C21H21FN2O3. The summed E-state index contributed by atoms with van der Waals surface area (Å²) in [5.74, 6) is -0.129. The second-order valence-electron chi connectivity index (χ2n) is 6.10. The highest BCUT2D eigenvalue weighted by molar-refractivity contribution is 5.73. The fourth-order valence-corrected chi connectivity index (χ4v) is 2.79. The summed E-state index contributed by atoms with van der Waals surface area (Å²) in [6.07, 6.45) is 0.154. The Morgan fingerprint density at radius 2 is 1.74 bits per heavy atom. The molecule has 0 saturated carbocycles. The van der Waals surface area contributed by atoms with Crippen LogP contribution in [0.5, 0.6) is 5.75 Å². The first-order chi connectivity index (χ1) is 13.0. The van der Waals surface area contributed by atoms with Gasteiger partial charge in [-0.3, -0.25) is 4.79 Å². The molecule has 1 aromatic heterocycles. The summed E-state index contributed by atoms with van der Waals surface area (Å²) in [5.41, 5.74) is 3.53. The second kappa shape index (κ2) is 8.49. The molecule has 0 spiro atoms. The Balaban J connectivity index is 1.53. The van der Waals surface area contributed by atoms with Gasteiger partial charge in [-0.2, -0.15) is 5.10 Å². The van der Waals surface area contributed by atoms with Crippen LogP contribution < -0.4 is 4.74 Å². The Hall–Kier alpha value is -3.15. The van der Waals surface area contributed by atoms with Gasteiger partial charge in [-0.05, 0) is 50.2 Å². The van der Waals surface area contributed by atoms with E-state index >= 15 is 0 Å². The smallest absolute Gasteiger partial charge is 0.310 e. The quantitative estimate of drug-likeness (QED) is 0.470. The van der Waals surface area contributed by atoms with Gasteiger partial charge in [0.05, 0.1) is 17.8 Å². The molecule has 3 aromatic rings. The van der Waals surface area contributed by atoms with Crippen LogP contribution in [-0.4, -0.2) is 29.0 Å². The first-order valence-corrected chi connectivity index (χ1v) is 8.69. The van der Waals surface area contributed by atoms with Crippen LogP contribution in [0.25, 0.3) is 5.69 Å². The molecule has 5 nitrogen and oxygen atoms in total. The Bertz CT molecular complexity index is 905. The maximum absolute atomic E-state index is 12.8. The highest BCUT2D eigenvalue weighted by Crippen LogP contribution is 2.18. The van der Waals surface area contributed by atoms with Crippen LogP contribution in [0.3, 0.4) is 0 Å². The molecule has 0 aliphatic rings. The number of nitrogens with zero attached hydrogens (tertiary/aromatic N) is 2. The molecule has 0 saturated heterocycles. The lowest BCUT2D eigenvalue weighted by Gasteiger charge is -2.08. The summed E-state index contributed by atoms with van der Waals surface area (Å²) in [7, 11) is 0. The normalized spacial score (nSPS) is 10.6. The summed E-state index contributed by atoms with van der Waals surface area (Å²) < 4.78 is 25.3. The van der Waals surface area contributed by atoms with Gasteiger partial charge in [0.25, 0.3) is 0 Å². The van der Waals surface area contributed by atoms with E-state index in [9.17, 15) is 9.18 Å². The van der Waals surface area contributed by atoms with Crippen molar-refractivity contribution in [1.29, 1.82) is 0 Å². The van der Waals surface area contributed by atoms with Gasteiger partial charge in [0, 0.05) is 11.3 Å². The van der Waals surface area contributed by atoms with E-state index in [0.29, 0.717) is 5.75 Å². The van der Waals surface area contributed by atoms with Gasteiger partial charge < -0.3 is 9.47 Å². The van der Waals surface area contributed by atoms with E-state index in [0.717, 1.165) is 22.6 Å². The fraction of sp³-hybridized carbons (Fsp3) is 0.238. The first kappa shape index (κ1) is 18.6. The highest BCUT2D eigenvalue weighted by Gasteiger charge is 2.16. The summed E-state index contributed by atoms with van der Waals surface area (Å²) in [6, 6.07) is 15.5. The van der Waals surface area contributed by atoms with Crippen molar-refractivity contribution in [2.45, 2.75) is 20.3 Å². The predicted molar refractivity (Wildman–Crippen MR) is 99.6 cm³/mol. The lowest BCUT2D eigenvalue weighted by molar-refractivity contribution is -0.143. The van der Waals surface area contributed by atoms with Crippen LogP contribution in [0, 0.1) is 19.7 Å². The number of rotatable bonds is 7. The monoisotopic (exact) mass is 368 g/mol. The van der Waals surface area contributed by atoms with Gasteiger partial charge in [0.1, 0.15) is 24.8 Å². The SMILES string of the molecule is Cc1nn(-c2ccccc2)c(C)c1CC(=O)OCCOc1ccc(F)cc1. The predicted octanol–water partition coefficient (Wildman–Crippen LogP) is 3.79. The molecule has 3 rings (SSSR count). The number of ether oxygens (including phenoxy) is 2. The Labute approximate surface area is 157 Å².